The molecule has 0 N–H and O–H groups in total. The largest absolute Gasteiger partial charge is 0.490 e. The topological polar surface area (TPSA) is 25.4 Å². The van der Waals surface area contributed by atoms with E-state index in [1.807, 2.05) is 19.1 Å². The molecule has 0 bridgehead atoms. The summed E-state index contributed by atoms with van der Waals surface area (Å²) in [5, 5.41) is 0. The van der Waals surface area contributed by atoms with Gasteiger partial charge in [-0.25, -0.2) is 0 Å². The Morgan fingerprint density at radius 1 is 1.69 bits per heavy atom. The van der Waals surface area contributed by atoms with E-state index in [1.165, 1.54) is 13.0 Å². The molecule has 1 aromatic rings. The van der Waals surface area contributed by atoms with E-state index in [4.69, 9.17) is 4.74 Å². The lowest BCUT2D eigenvalue weighted by Crippen LogP contribution is -2.48. The highest BCUT2D eigenvalue weighted by molar-refractivity contribution is 5.51. The molecule has 1 atom stereocenters. The van der Waals surface area contributed by atoms with Crippen molar-refractivity contribution in [2.75, 3.05) is 20.2 Å². The number of rotatable bonds is 4. The lowest BCUT2D eigenvalue weighted by Gasteiger charge is -2.37. The van der Waals surface area contributed by atoms with Gasteiger partial charge >= 0.3 is 0 Å². The fourth-order valence-corrected chi connectivity index (χ4v) is 1.79. The van der Waals surface area contributed by atoms with Gasteiger partial charge in [-0.15, -0.1) is 0 Å². The number of pyridine rings is 1. The molecule has 3 nitrogen and oxygen atoms in total. The molecule has 3 heteroatoms. The highest BCUT2D eigenvalue weighted by Gasteiger charge is 2.24. The number of aryl methyl sites for hydroxylation is 1. The molecule has 1 saturated heterocycles. The molecule has 1 aliphatic heterocycles. The zero-order valence-corrected chi connectivity index (χ0v) is 9.94. The van der Waals surface area contributed by atoms with Crippen molar-refractivity contribution in [2.24, 2.45) is 0 Å². The Morgan fingerprint density at radius 3 is 3.06 bits per heavy atom. The van der Waals surface area contributed by atoms with E-state index < -0.39 is 0 Å². The van der Waals surface area contributed by atoms with Gasteiger partial charge in [-0.05, 0) is 38.6 Å². The molecule has 1 aliphatic rings. The Bertz CT molecular complexity index is 390. The van der Waals surface area contributed by atoms with Gasteiger partial charge in [0.05, 0.1) is 6.20 Å². The second-order valence-electron chi connectivity index (χ2n) is 4.28. The summed E-state index contributed by atoms with van der Waals surface area (Å²) >= 11 is 0. The number of ether oxygens (including phenoxy) is 1. The van der Waals surface area contributed by atoms with Crippen LogP contribution in [0, 0.1) is 6.92 Å². The SMILES string of the molecule is C=Cc1cc(OC[C@@H]2CCN2C)cnc1C. The van der Waals surface area contributed by atoms with Crippen LogP contribution >= 0.6 is 0 Å². The number of hydrogen-bond acceptors (Lipinski definition) is 3. The number of aromatic nitrogens is 1. The van der Waals surface area contributed by atoms with E-state index in [-0.39, 0.29) is 0 Å². The minimum Gasteiger partial charge on any atom is -0.490 e. The Labute approximate surface area is 96.7 Å². The summed E-state index contributed by atoms with van der Waals surface area (Å²) in [6.07, 6.45) is 4.82. The van der Waals surface area contributed by atoms with E-state index in [1.54, 1.807) is 6.20 Å². The van der Waals surface area contributed by atoms with Gasteiger partial charge in [0.25, 0.3) is 0 Å². The number of likely N-dealkylation sites (N-methyl/N-ethyl adjacent to an activating group) is 1. The number of likely N-dealkylation sites (tertiary alicyclic amines) is 1. The molecule has 16 heavy (non-hydrogen) atoms. The zero-order valence-electron chi connectivity index (χ0n) is 9.94. The van der Waals surface area contributed by atoms with Gasteiger partial charge in [0.2, 0.25) is 0 Å². The monoisotopic (exact) mass is 218 g/mol. The van der Waals surface area contributed by atoms with Crippen LogP contribution in [0.25, 0.3) is 6.08 Å². The molecule has 0 aliphatic carbocycles. The van der Waals surface area contributed by atoms with Gasteiger partial charge in [-0.2, -0.15) is 0 Å². The summed E-state index contributed by atoms with van der Waals surface area (Å²) in [7, 11) is 2.13. The van der Waals surface area contributed by atoms with E-state index in [2.05, 4.69) is 23.5 Å². The Hall–Kier alpha value is -1.35. The first kappa shape index (κ1) is 11.1. The average Bonchev–Trinajstić information content (AvgIpc) is 2.29. The molecule has 0 radical (unpaired) electrons. The van der Waals surface area contributed by atoms with E-state index in [9.17, 15) is 0 Å². The van der Waals surface area contributed by atoms with Crippen LogP contribution in [0.1, 0.15) is 17.7 Å². The summed E-state index contributed by atoms with van der Waals surface area (Å²) in [6, 6.07) is 2.56. The predicted octanol–water partition coefficient (Wildman–Crippen LogP) is 2.12. The highest BCUT2D eigenvalue weighted by atomic mass is 16.5. The molecule has 0 unspecified atom stereocenters. The summed E-state index contributed by atoms with van der Waals surface area (Å²) < 4.78 is 5.73. The van der Waals surface area contributed by atoms with Crippen LogP contribution < -0.4 is 4.74 Å². The Balaban J connectivity index is 1.96. The summed E-state index contributed by atoms with van der Waals surface area (Å²) in [5.74, 6) is 0.834. The second kappa shape index (κ2) is 4.66. The van der Waals surface area contributed by atoms with Crippen LogP contribution in [0.5, 0.6) is 5.75 Å². The van der Waals surface area contributed by atoms with Gasteiger partial charge in [0, 0.05) is 11.7 Å². The van der Waals surface area contributed by atoms with Crippen LogP contribution in [0.3, 0.4) is 0 Å². The first-order chi connectivity index (χ1) is 7.70. The standard InChI is InChI=1S/C13H18N2O/c1-4-11-7-13(8-14-10(11)2)16-9-12-5-6-15(12)3/h4,7-8,12H,1,5-6,9H2,2-3H3/t12-/m0/s1. The Morgan fingerprint density at radius 2 is 2.50 bits per heavy atom. The van der Waals surface area contributed by atoms with Crippen molar-refractivity contribution in [1.82, 2.24) is 9.88 Å². The molecule has 2 heterocycles. The third kappa shape index (κ3) is 2.25. The van der Waals surface area contributed by atoms with E-state index >= 15 is 0 Å². The minimum absolute atomic E-state index is 0.563. The average molecular weight is 218 g/mol. The van der Waals surface area contributed by atoms with Gasteiger partial charge < -0.3 is 4.74 Å². The molecule has 0 saturated carbocycles. The fraction of sp³-hybridized carbons (Fsp3) is 0.462. The summed E-state index contributed by atoms with van der Waals surface area (Å²) in [6.45, 7) is 7.66. The first-order valence-electron chi connectivity index (χ1n) is 5.63. The third-order valence-electron chi connectivity index (χ3n) is 3.20. The Kier molecular flexibility index (Phi) is 3.25. The van der Waals surface area contributed by atoms with Crippen LogP contribution in [0.4, 0.5) is 0 Å². The van der Waals surface area contributed by atoms with Gasteiger partial charge in [0.1, 0.15) is 12.4 Å². The lowest BCUT2D eigenvalue weighted by atomic mass is 10.1. The summed E-state index contributed by atoms with van der Waals surface area (Å²) in [4.78, 5) is 6.58. The maximum absolute atomic E-state index is 5.73. The fourth-order valence-electron chi connectivity index (χ4n) is 1.79. The van der Waals surface area contributed by atoms with Gasteiger partial charge in [-0.3, -0.25) is 9.88 Å². The van der Waals surface area contributed by atoms with Crippen molar-refractivity contribution >= 4 is 6.08 Å². The maximum Gasteiger partial charge on any atom is 0.138 e. The molecular weight excluding hydrogens is 200 g/mol. The van der Waals surface area contributed by atoms with Crippen molar-refractivity contribution in [3.05, 3.63) is 30.1 Å². The molecule has 0 spiro atoms. The van der Waals surface area contributed by atoms with Crippen molar-refractivity contribution in [1.29, 1.82) is 0 Å². The number of hydrogen-bond donors (Lipinski definition) is 0. The second-order valence-corrected chi connectivity index (χ2v) is 4.28. The van der Waals surface area contributed by atoms with Crippen molar-refractivity contribution in [2.45, 2.75) is 19.4 Å². The smallest absolute Gasteiger partial charge is 0.138 e. The molecule has 1 aromatic heterocycles. The van der Waals surface area contributed by atoms with Crippen LogP contribution in [0.15, 0.2) is 18.8 Å². The van der Waals surface area contributed by atoms with Gasteiger partial charge in [0.15, 0.2) is 0 Å². The molecule has 1 fully saturated rings. The highest BCUT2D eigenvalue weighted by Crippen LogP contribution is 2.19. The molecular formula is C13H18N2O. The van der Waals surface area contributed by atoms with Crippen molar-refractivity contribution < 1.29 is 4.74 Å². The number of nitrogens with zero attached hydrogens (tertiary/aromatic N) is 2. The van der Waals surface area contributed by atoms with Crippen LogP contribution in [-0.2, 0) is 0 Å². The molecule has 2 rings (SSSR count). The van der Waals surface area contributed by atoms with Crippen molar-refractivity contribution in [3.8, 4) is 5.75 Å². The third-order valence-corrected chi connectivity index (χ3v) is 3.20. The molecule has 0 amide bonds. The first-order valence-corrected chi connectivity index (χ1v) is 5.63. The van der Waals surface area contributed by atoms with E-state index in [0.717, 1.165) is 23.6 Å². The quantitative estimate of drug-likeness (QED) is 0.774. The maximum atomic E-state index is 5.73. The minimum atomic E-state index is 0.563. The molecule has 86 valence electrons. The lowest BCUT2D eigenvalue weighted by molar-refractivity contribution is 0.0767. The normalized spacial score (nSPS) is 20.2. The van der Waals surface area contributed by atoms with Gasteiger partial charge in [-0.1, -0.05) is 12.7 Å². The van der Waals surface area contributed by atoms with Crippen LogP contribution in [-0.4, -0.2) is 36.1 Å². The van der Waals surface area contributed by atoms with Crippen molar-refractivity contribution in [3.63, 3.8) is 0 Å². The summed E-state index contributed by atoms with van der Waals surface area (Å²) in [5.41, 5.74) is 2.03. The predicted molar refractivity (Wildman–Crippen MR) is 65.6 cm³/mol. The zero-order chi connectivity index (χ0) is 11.5. The molecule has 0 aromatic carbocycles. The van der Waals surface area contributed by atoms with E-state index in [0.29, 0.717) is 6.04 Å². The van der Waals surface area contributed by atoms with Crippen LogP contribution in [0.2, 0.25) is 0 Å².